The van der Waals surface area contributed by atoms with Gasteiger partial charge in [-0.1, -0.05) is 6.92 Å². The number of hydrogen-bond acceptors (Lipinski definition) is 4. The minimum absolute atomic E-state index is 0.0612. The lowest BCUT2D eigenvalue weighted by Crippen LogP contribution is -2.53. The van der Waals surface area contributed by atoms with E-state index in [4.69, 9.17) is 9.47 Å². The second-order valence-electron chi connectivity index (χ2n) is 2.60. The number of nitrogens with one attached hydrogen (secondary N) is 2. The van der Waals surface area contributed by atoms with Gasteiger partial charge in [-0.3, -0.25) is 10.6 Å². The van der Waals surface area contributed by atoms with E-state index in [0.717, 1.165) is 6.42 Å². The van der Waals surface area contributed by atoms with Crippen LogP contribution in [0.5, 0.6) is 0 Å². The standard InChI is InChI=1S/C7H16N2O2/c1-4-6-9-5(2)10-7(8-3)11-6/h5-9H,4H2,1-3H3. The molecule has 4 heteroatoms. The molecule has 0 aromatic carbocycles. The third-order valence-electron chi connectivity index (χ3n) is 1.64. The zero-order chi connectivity index (χ0) is 8.27. The van der Waals surface area contributed by atoms with Gasteiger partial charge in [0, 0.05) is 0 Å². The van der Waals surface area contributed by atoms with Gasteiger partial charge in [-0.25, -0.2) is 0 Å². The van der Waals surface area contributed by atoms with Gasteiger partial charge in [-0.15, -0.1) is 0 Å². The highest BCUT2D eigenvalue weighted by Crippen LogP contribution is 2.08. The predicted molar refractivity (Wildman–Crippen MR) is 41.7 cm³/mol. The van der Waals surface area contributed by atoms with Crippen molar-refractivity contribution in [1.82, 2.24) is 10.6 Å². The van der Waals surface area contributed by atoms with Gasteiger partial charge >= 0.3 is 0 Å². The van der Waals surface area contributed by atoms with Crippen LogP contribution < -0.4 is 10.6 Å². The van der Waals surface area contributed by atoms with Gasteiger partial charge in [0.15, 0.2) is 0 Å². The summed E-state index contributed by atoms with van der Waals surface area (Å²) in [5.41, 5.74) is 0. The third-order valence-corrected chi connectivity index (χ3v) is 1.64. The van der Waals surface area contributed by atoms with E-state index in [0.29, 0.717) is 0 Å². The Morgan fingerprint density at radius 3 is 2.73 bits per heavy atom. The van der Waals surface area contributed by atoms with Crippen molar-refractivity contribution in [2.24, 2.45) is 0 Å². The lowest BCUT2D eigenvalue weighted by Gasteiger charge is -2.34. The summed E-state index contributed by atoms with van der Waals surface area (Å²) in [6.07, 6.45) is 0.852. The molecule has 0 radical (unpaired) electrons. The normalized spacial score (nSPS) is 39.0. The molecule has 1 aliphatic rings. The van der Waals surface area contributed by atoms with Gasteiger partial charge in [0.1, 0.15) is 12.5 Å². The van der Waals surface area contributed by atoms with Gasteiger partial charge in [0.05, 0.1) is 0 Å². The molecule has 0 aliphatic carbocycles. The summed E-state index contributed by atoms with van der Waals surface area (Å²) in [7, 11) is 1.81. The van der Waals surface area contributed by atoms with E-state index < -0.39 is 0 Å². The molecule has 0 aromatic rings. The first-order chi connectivity index (χ1) is 5.26. The van der Waals surface area contributed by atoms with Crippen LogP contribution in [0, 0.1) is 0 Å². The third kappa shape index (κ3) is 2.41. The Hall–Kier alpha value is -0.160. The fourth-order valence-electron chi connectivity index (χ4n) is 1.06. The Morgan fingerprint density at radius 1 is 1.45 bits per heavy atom. The molecule has 2 N–H and O–H groups in total. The van der Waals surface area contributed by atoms with Crippen LogP contribution in [0.25, 0.3) is 0 Å². The molecule has 1 saturated heterocycles. The molecule has 11 heavy (non-hydrogen) atoms. The second kappa shape index (κ2) is 4.01. The second-order valence-corrected chi connectivity index (χ2v) is 2.60. The van der Waals surface area contributed by atoms with E-state index in [1.54, 1.807) is 0 Å². The zero-order valence-corrected chi connectivity index (χ0v) is 7.26. The number of ether oxygens (including phenoxy) is 2. The Morgan fingerprint density at radius 2 is 2.18 bits per heavy atom. The van der Waals surface area contributed by atoms with Crippen molar-refractivity contribution in [3.8, 4) is 0 Å². The SMILES string of the molecule is CCC1NC(C)OC(NC)O1. The molecular formula is C7H16N2O2. The molecule has 1 rings (SSSR count). The number of rotatable bonds is 2. The van der Waals surface area contributed by atoms with Crippen LogP contribution in [-0.4, -0.2) is 25.9 Å². The highest BCUT2D eigenvalue weighted by atomic mass is 16.7. The molecule has 1 fully saturated rings. The van der Waals surface area contributed by atoms with Crippen LogP contribution in [0.1, 0.15) is 20.3 Å². The van der Waals surface area contributed by atoms with E-state index in [-0.39, 0.29) is 18.9 Å². The smallest absolute Gasteiger partial charge is 0.218 e. The summed E-state index contributed by atoms with van der Waals surface area (Å²) < 4.78 is 10.7. The Kier molecular flexibility index (Phi) is 3.26. The highest BCUT2D eigenvalue weighted by Gasteiger charge is 2.23. The first-order valence-corrected chi connectivity index (χ1v) is 4.00. The molecule has 1 aliphatic heterocycles. The summed E-state index contributed by atoms with van der Waals surface area (Å²) in [4.78, 5) is 0. The molecule has 66 valence electrons. The van der Waals surface area contributed by atoms with Gasteiger partial charge in [-0.2, -0.15) is 0 Å². The molecule has 0 bridgehead atoms. The molecule has 0 amide bonds. The van der Waals surface area contributed by atoms with Gasteiger partial charge in [-0.05, 0) is 20.4 Å². The molecule has 0 spiro atoms. The van der Waals surface area contributed by atoms with E-state index in [2.05, 4.69) is 17.6 Å². The van der Waals surface area contributed by atoms with E-state index >= 15 is 0 Å². The first kappa shape index (κ1) is 8.93. The van der Waals surface area contributed by atoms with Crippen LogP contribution in [-0.2, 0) is 9.47 Å². The summed E-state index contributed by atoms with van der Waals surface area (Å²) in [6.45, 7) is 4.04. The zero-order valence-electron chi connectivity index (χ0n) is 7.26. The van der Waals surface area contributed by atoms with Crippen molar-refractivity contribution in [1.29, 1.82) is 0 Å². The first-order valence-electron chi connectivity index (χ1n) is 4.00. The lowest BCUT2D eigenvalue weighted by molar-refractivity contribution is -0.265. The average molecular weight is 160 g/mol. The van der Waals surface area contributed by atoms with Crippen molar-refractivity contribution >= 4 is 0 Å². The van der Waals surface area contributed by atoms with Crippen molar-refractivity contribution in [3.05, 3.63) is 0 Å². The molecule has 3 atom stereocenters. The van der Waals surface area contributed by atoms with Crippen LogP contribution in [0.3, 0.4) is 0 Å². The van der Waals surface area contributed by atoms with Crippen LogP contribution in [0.4, 0.5) is 0 Å². The summed E-state index contributed by atoms with van der Waals surface area (Å²) in [5, 5.41) is 6.06. The summed E-state index contributed by atoms with van der Waals surface area (Å²) >= 11 is 0. The van der Waals surface area contributed by atoms with Gasteiger partial charge < -0.3 is 9.47 Å². The Labute approximate surface area is 67.2 Å². The quantitative estimate of drug-likeness (QED) is 0.606. The van der Waals surface area contributed by atoms with Crippen molar-refractivity contribution < 1.29 is 9.47 Å². The van der Waals surface area contributed by atoms with Gasteiger partial charge in [0.2, 0.25) is 6.41 Å². The summed E-state index contributed by atoms with van der Waals surface area (Å²) in [5.74, 6) is 0. The van der Waals surface area contributed by atoms with E-state index in [1.807, 2.05) is 14.0 Å². The maximum atomic E-state index is 5.41. The molecule has 3 unspecified atom stereocenters. The lowest BCUT2D eigenvalue weighted by atomic mass is 10.4. The van der Waals surface area contributed by atoms with Crippen LogP contribution in [0.2, 0.25) is 0 Å². The van der Waals surface area contributed by atoms with E-state index in [9.17, 15) is 0 Å². The Balaban J connectivity index is 2.37. The van der Waals surface area contributed by atoms with Gasteiger partial charge in [0.25, 0.3) is 0 Å². The van der Waals surface area contributed by atoms with Crippen LogP contribution >= 0.6 is 0 Å². The minimum Gasteiger partial charge on any atom is -0.321 e. The van der Waals surface area contributed by atoms with Crippen LogP contribution in [0.15, 0.2) is 0 Å². The molecule has 0 aromatic heterocycles. The Bertz CT molecular complexity index is 109. The molecule has 1 heterocycles. The minimum atomic E-state index is -0.267. The predicted octanol–water partition coefficient (Wildman–Crippen LogP) is 0.208. The van der Waals surface area contributed by atoms with Crippen molar-refractivity contribution in [2.45, 2.75) is 39.1 Å². The highest BCUT2D eigenvalue weighted by molar-refractivity contribution is 4.61. The van der Waals surface area contributed by atoms with Crippen molar-refractivity contribution in [3.63, 3.8) is 0 Å². The average Bonchev–Trinajstić information content (AvgIpc) is 2.03. The largest absolute Gasteiger partial charge is 0.321 e. The maximum absolute atomic E-state index is 5.41. The summed E-state index contributed by atoms with van der Waals surface area (Å²) in [6, 6.07) is 0. The fourth-order valence-corrected chi connectivity index (χ4v) is 1.06. The van der Waals surface area contributed by atoms with E-state index in [1.165, 1.54) is 0 Å². The fraction of sp³-hybridized carbons (Fsp3) is 1.00. The maximum Gasteiger partial charge on any atom is 0.218 e. The van der Waals surface area contributed by atoms with Crippen molar-refractivity contribution in [2.75, 3.05) is 7.05 Å². The molecule has 0 saturated carbocycles. The topological polar surface area (TPSA) is 42.5 Å². The monoisotopic (exact) mass is 160 g/mol. The molecule has 4 nitrogen and oxygen atoms in total. The number of hydrogen-bond donors (Lipinski definition) is 2. The molecular weight excluding hydrogens is 144 g/mol.